The molecule has 0 fully saturated rings. The Morgan fingerprint density at radius 3 is 1.62 bits per heavy atom. The summed E-state index contributed by atoms with van der Waals surface area (Å²) in [7, 11) is 3.38. The van der Waals surface area contributed by atoms with Gasteiger partial charge in [-0.05, 0) is 19.3 Å². The third-order valence-corrected chi connectivity index (χ3v) is 4.39. The molecule has 146 valence electrons. The normalized spacial score (nSPS) is 13.4. The van der Waals surface area contributed by atoms with Gasteiger partial charge >= 0.3 is 5.97 Å². The number of hydrogen-bond acceptors (Lipinski definition) is 4. The average molecular weight is 347 g/mol. The van der Waals surface area contributed by atoms with Crippen LogP contribution < -0.4 is 0 Å². The Balaban J connectivity index is 4.57. The lowest BCUT2D eigenvalue weighted by atomic mass is 10.1. The fraction of sp³-hybridized carbons (Fsp3) is 1.00. The van der Waals surface area contributed by atoms with Gasteiger partial charge in [0.05, 0.1) is 13.2 Å². The molecule has 4 heteroatoms. The van der Waals surface area contributed by atoms with Gasteiger partial charge in [0.25, 0.3) is 0 Å². The zero-order chi connectivity index (χ0) is 18.1. The average Bonchev–Trinajstić information content (AvgIpc) is 2.60. The topological polar surface area (TPSA) is 36.9 Å². The lowest BCUT2D eigenvalue weighted by molar-refractivity contribution is -0.408. The van der Waals surface area contributed by atoms with Gasteiger partial charge in [-0.25, -0.2) is 0 Å². The Labute approximate surface area is 150 Å². The number of hydrogen-bond donors (Lipinski definition) is 0. The van der Waals surface area contributed by atoms with E-state index in [4.69, 9.17) is 18.9 Å². The highest BCUT2D eigenvalue weighted by Crippen LogP contribution is 2.27. The summed E-state index contributed by atoms with van der Waals surface area (Å²) in [4.78, 5) is 0. The van der Waals surface area contributed by atoms with Crippen LogP contribution in [0.5, 0.6) is 0 Å². The van der Waals surface area contributed by atoms with Crippen LogP contribution in [-0.4, -0.2) is 39.5 Å². The molecule has 1 atom stereocenters. The van der Waals surface area contributed by atoms with Gasteiger partial charge in [-0.3, -0.25) is 0 Å². The predicted molar refractivity (Wildman–Crippen MR) is 100 cm³/mol. The second-order valence-electron chi connectivity index (χ2n) is 6.49. The van der Waals surface area contributed by atoms with Crippen LogP contribution in [0.2, 0.25) is 0 Å². The number of methoxy groups -OCH3 is 2. The maximum Gasteiger partial charge on any atom is 0.310 e. The second-order valence-corrected chi connectivity index (χ2v) is 6.49. The first-order chi connectivity index (χ1) is 11.7. The summed E-state index contributed by atoms with van der Waals surface area (Å²) in [5.41, 5.74) is 0. The molecule has 0 N–H and O–H groups in total. The standard InChI is InChI=1S/C20H42O4/c1-6-9-12-13-14-15-16-19(21-4)20(22-5,23-17-10-7-2)24-18-11-8-3/h19H,6-18H2,1-5H3. The van der Waals surface area contributed by atoms with Crippen LogP contribution in [0.3, 0.4) is 0 Å². The van der Waals surface area contributed by atoms with Crippen molar-refractivity contribution in [2.75, 3.05) is 27.4 Å². The molecule has 4 nitrogen and oxygen atoms in total. The van der Waals surface area contributed by atoms with Crippen molar-refractivity contribution in [2.24, 2.45) is 0 Å². The third-order valence-electron chi connectivity index (χ3n) is 4.39. The van der Waals surface area contributed by atoms with Crippen LogP contribution in [0.15, 0.2) is 0 Å². The molecule has 0 heterocycles. The molecule has 0 aromatic rings. The molecule has 0 radical (unpaired) electrons. The van der Waals surface area contributed by atoms with Crippen molar-refractivity contribution in [3.05, 3.63) is 0 Å². The van der Waals surface area contributed by atoms with Crippen molar-refractivity contribution >= 4 is 0 Å². The highest BCUT2D eigenvalue weighted by molar-refractivity contribution is 4.72. The summed E-state index contributed by atoms with van der Waals surface area (Å²) < 4.78 is 23.5. The Morgan fingerprint density at radius 1 is 0.667 bits per heavy atom. The van der Waals surface area contributed by atoms with E-state index >= 15 is 0 Å². The first-order valence-corrected chi connectivity index (χ1v) is 10.1. The monoisotopic (exact) mass is 346 g/mol. The predicted octanol–water partition coefficient (Wildman–Crippen LogP) is 5.69. The second kappa shape index (κ2) is 16.3. The lowest BCUT2D eigenvalue weighted by Crippen LogP contribution is -2.50. The molecule has 0 aromatic carbocycles. The molecule has 0 saturated heterocycles. The van der Waals surface area contributed by atoms with E-state index in [2.05, 4.69) is 20.8 Å². The zero-order valence-corrected chi connectivity index (χ0v) is 16.9. The first kappa shape index (κ1) is 23.8. The van der Waals surface area contributed by atoms with Crippen LogP contribution in [0, 0.1) is 0 Å². The van der Waals surface area contributed by atoms with Crippen molar-refractivity contribution < 1.29 is 18.9 Å². The minimum absolute atomic E-state index is 0.192. The quantitative estimate of drug-likeness (QED) is 0.236. The summed E-state index contributed by atoms with van der Waals surface area (Å²) in [5, 5.41) is 0. The minimum Gasteiger partial charge on any atom is -0.373 e. The molecular formula is C20H42O4. The van der Waals surface area contributed by atoms with E-state index in [9.17, 15) is 0 Å². The molecule has 0 aromatic heterocycles. The van der Waals surface area contributed by atoms with Gasteiger partial charge < -0.3 is 18.9 Å². The molecule has 0 aliphatic rings. The van der Waals surface area contributed by atoms with E-state index in [0.29, 0.717) is 13.2 Å². The van der Waals surface area contributed by atoms with E-state index < -0.39 is 5.97 Å². The number of rotatable bonds is 18. The molecule has 0 amide bonds. The molecule has 0 spiro atoms. The SMILES string of the molecule is CCCCCCCCC(OC)C(OC)(OCCCC)OCCCC. The van der Waals surface area contributed by atoms with E-state index in [1.54, 1.807) is 14.2 Å². The highest BCUT2D eigenvalue weighted by Gasteiger charge is 2.42. The van der Waals surface area contributed by atoms with E-state index in [1.807, 2.05) is 0 Å². The van der Waals surface area contributed by atoms with Gasteiger partial charge in [0.1, 0.15) is 6.10 Å². The van der Waals surface area contributed by atoms with Gasteiger partial charge in [-0.15, -0.1) is 0 Å². The van der Waals surface area contributed by atoms with Crippen LogP contribution in [0.25, 0.3) is 0 Å². The molecule has 1 unspecified atom stereocenters. The van der Waals surface area contributed by atoms with Crippen LogP contribution in [0.4, 0.5) is 0 Å². The van der Waals surface area contributed by atoms with Crippen molar-refractivity contribution in [1.29, 1.82) is 0 Å². The smallest absolute Gasteiger partial charge is 0.310 e. The van der Waals surface area contributed by atoms with Crippen molar-refractivity contribution in [3.63, 3.8) is 0 Å². The van der Waals surface area contributed by atoms with E-state index in [0.717, 1.165) is 38.5 Å². The molecule has 0 aliphatic carbocycles. The van der Waals surface area contributed by atoms with Crippen LogP contribution in [-0.2, 0) is 18.9 Å². The summed E-state index contributed by atoms with van der Waals surface area (Å²) >= 11 is 0. The Morgan fingerprint density at radius 2 is 1.17 bits per heavy atom. The molecule has 0 bridgehead atoms. The fourth-order valence-corrected chi connectivity index (χ4v) is 2.74. The summed E-state index contributed by atoms with van der Waals surface area (Å²) in [6, 6.07) is 0. The van der Waals surface area contributed by atoms with Crippen LogP contribution >= 0.6 is 0 Å². The Bertz CT molecular complexity index is 248. The third kappa shape index (κ3) is 9.97. The maximum atomic E-state index is 6.05. The lowest BCUT2D eigenvalue weighted by Gasteiger charge is -2.37. The summed E-state index contributed by atoms with van der Waals surface area (Å²) in [6.07, 6.45) is 12.4. The van der Waals surface area contributed by atoms with Gasteiger partial charge in [0.2, 0.25) is 0 Å². The molecule has 24 heavy (non-hydrogen) atoms. The van der Waals surface area contributed by atoms with Crippen LogP contribution in [0.1, 0.15) is 91.4 Å². The Kier molecular flexibility index (Phi) is 16.2. The molecule has 0 aliphatic heterocycles. The number of ether oxygens (including phenoxy) is 4. The molecule has 0 rings (SSSR count). The molecule has 0 saturated carbocycles. The van der Waals surface area contributed by atoms with E-state index in [-0.39, 0.29) is 6.10 Å². The van der Waals surface area contributed by atoms with Gasteiger partial charge in [-0.2, -0.15) is 0 Å². The molecular weight excluding hydrogens is 304 g/mol. The first-order valence-electron chi connectivity index (χ1n) is 10.1. The largest absolute Gasteiger partial charge is 0.373 e. The van der Waals surface area contributed by atoms with Gasteiger partial charge in [0.15, 0.2) is 0 Å². The van der Waals surface area contributed by atoms with Crippen molar-refractivity contribution in [3.8, 4) is 0 Å². The highest BCUT2D eigenvalue weighted by atomic mass is 16.9. The fourth-order valence-electron chi connectivity index (χ4n) is 2.74. The van der Waals surface area contributed by atoms with E-state index in [1.165, 1.54) is 32.1 Å². The number of unbranched alkanes of at least 4 members (excludes halogenated alkanes) is 7. The van der Waals surface area contributed by atoms with Gasteiger partial charge in [-0.1, -0.05) is 72.1 Å². The van der Waals surface area contributed by atoms with Crippen molar-refractivity contribution in [2.45, 2.75) is 103 Å². The van der Waals surface area contributed by atoms with Gasteiger partial charge in [0, 0.05) is 14.2 Å². The van der Waals surface area contributed by atoms with Crippen molar-refractivity contribution in [1.82, 2.24) is 0 Å². The summed E-state index contributed by atoms with van der Waals surface area (Å²) in [5.74, 6) is -1.07. The maximum absolute atomic E-state index is 6.05. The Hall–Kier alpha value is -0.160. The zero-order valence-electron chi connectivity index (χ0n) is 16.9. The summed E-state index contributed by atoms with van der Waals surface area (Å²) in [6.45, 7) is 7.81. The minimum atomic E-state index is -1.07.